The van der Waals surface area contributed by atoms with Crippen molar-refractivity contribution in [3.05, 3.63) is 23.3 Å². The van der Waals surface area contributed by atoms with Gasteiger partial charge in [-0.05, 0) is 23.4 Å². The Hall–Kier alpha value is -0.880. The molecule has 0 saturated carbocycles. The molecule has 1 rings (SSSR count). The standard InChI is InChI=1S/C5H4N2S/c6-4-5-2-1-3-8-7-5/h1-3,7H. The van der Waals surface area contributed by atoms with Gasteiger partial charge in [-0.1, -0.05) is 6.08 Å². The zero-order valence-electron chi connectivity index (χ0n) is 4.09. The van der Waals surface area contributed by atoms with Crippen molar-refractivity contribution in [2.75, 3.05) is 0 Å². The summed E-state index contributed by atoms with van der Waals surface area (Å²) in [5.41, 5.74) is 0.609. The van der Waals surface area contributed by atoms with Crippen molar-refractivity contribution >= 4 is 11.9 Å². The molecule has 0 aliphatic carbocycles. The van der Waals surface area contributed by atoms with Crippen LogP contribution in [-0.2, 0) is 0 Å². The van der Waals surface area contributed by atoms with Gasteiger partial charge in [-0.2, -0.15) is 5.26 Å². The molecule has 0 radical (unpaired) electrons. The van der Waals surface area contributed by atoms with E-state index in [1.165, 1.54) is 11.9 Å². The van der Waals surface area contributed by atoms with Crippen molar-refractivity contribution < 1.29 is 0 Å². The van der Waals surface area contributed by atoms with E-state index in [2.05, 4.69) is 4.72 Å². The number of nitriles is 1. The second kappa shape index (κ2) is 2.43. The summed E-state index contributed by atoms with van der Waals surface area (Å²) < 4.78 is 2.80. The van der Waals surface area contributed by atoms with Crippen molar-refractivity contribution in [3.63, 3.8) is 0 Å². The maximum atomic E-state index is 8.26. The molecule has 1 heterocycles. The fourth-order valence-electron chi connectivity index (χ4n) is 0.366. The van der Waals surface area contributed by atoms with E-state index >= 15 is 0 Å². The van der Waals surface area contributed by atoms with Gasteiger partial charge in [0.25, 0.3) is 0 Å². The molecule has 40 valence electrons. The van der Waals surface area contributed by atoms with Gasteiger partial charge in [0.05, 0.1) is 0 Å². The molecule has 0 spiro atoms. The molecule has 2 nitrogen and oxygen atoms in total. The van der Waals surface area contributed by atoms with Crippen LogP contribution in [0.3, 0.4) is 0 Å². The molecule has 1 N–H and O–H groups in total. The Bertz CT molecular complexity index is 175. The monoisotopic (exact) mass is 124 g/mol. The minimum absolute atomic E-state index is 0.609. The quantitative estimate of drug-likeness (QED) is 0.492. The fraction of sp³-hybridized carbons (Fsp3) is 0. The van der Waals surface area contributed by atoms with Crippen molar-refractivity contribution in [3.8, 4) is 6.07 Å². The first-order chi connectivity index (χ1) is 3.93. The summed E-state index contributed by atoms with van der Waals surface area (Å²) in [6.45, 7) is 0. The summed E-state index contributed by atoms with van der Waals surface area (Å²) in [5, 5.41) is 10.1. The van der Waals surface area contributed by atoms with E-state index < -0.39 is 0 Å². The van der Waals surface area contributed by atoms with Crippen LogP contribution >= 0.6 is 11.9 Å². The van der Waals surface area contributed by atoms with Crippen LogP contribution < -0.4 is 4.72 Å². The summed E-state index contributed by atoms with van der Waals surface area (Å²) in [6, 6.07) is 1.98. The molecule has 0 bridgehead atoms. The van der Waals surface area contributed by atoms with Crippen molar-refractivity contribution in [2.45, 2.75) is 0 Å². The highest BCUT2D eigenvalue weighted by molar-refractivity contribution is 8.00. The van der Waals surface area contributed by atoms with E-state index in [-0.39, 0.29) is 0 Å². The molecule has 0 unspecified atom stereocenters. The predicted molar refractivity (Wildman–Crippen MR) is 33.6 cm³/mol. The maximum Gasteiger partial charge on any atom is 0.123 e. The minimum Gasteiger partial charge on any atom is -0.317 e. The van der Waals surface area contributed by atoms with E-state index in [4.69, 9.17) is 5.26 Å². The van der Waals surface area contributed by atoms with Crippen LogP contribution in [0.2, 0.25) is 0 Å². The summed E-state index contributed by atoms with van der Waals surface area (Å²) >= 11 is 1.41. The fourth-order valence-corrected chi connectivity index (χ4v) is 0.832. The lowest BCUT2D eigenvalue weighted by atomic mass is 10.4. The van der Waals surface area contributed by atoms with Crippen LogP contribution in [0, 0.1) is 11.3 Å². The Labute approximate surface area is 52.0 Å². The van der Waals surface area contributed by atoms with Crippen LogP contribution in [-0.4, -0.2) is 0 Å². The van der Waals surface area contributed by atoms with Crippen molar-refractivity contribution in [1.82, 2.24) is 4.72 Å². The Morgan fingerprint density at radius 3 is 3.00 bits per heavy atom. The van der Waals surface area contributed by atoms with Crippen LogP contribution in [0.4, 0.5) is 0 Å². The Morgan fingerprint density at radius 2 is 2.62 bits per heavy atom. The molecule has 8 heavy (non-hydrogen) atoms. The second-order valence-electron chi connectivity index (χ2n) is 1.24. The van der Waals surface area contributed by atoms with E-state index in [9.17, 15) is 0 Å². The van der Waals surface area contributed by atoms with Crippen LogP contribution in [0.15, 0.2) is 23.3 Å². The number of nitrogens with zero attached hydrogens (tertiary/aromatic N) is 1. The van der Waals surface area contributed by atoms with Gasteiger partial charge in [0.2, 0.25) is 0 Å². The lowest BCUT2D eigenvalue weighted by Gasteiger charge is -2.00. The Balaban J connectivity index is 2.67. The van der Waals surface area contributed by atoms with Gasteiger partial charge >= 0.3 is 0 Å². The summed E-state index contributed by atoms with van der Waals surface area (Å²) in [6.07, 6.45) is 3.57. The average Bonchev–Trinajstić information content (AvgIpc) is 1.90. The Kier molecular flexibility index (Phi) is 1.60. The van der Waals surface area contributed by atoms with Gasteiger partial charge in [0.1, 0.15) is 11.8 Å². The molecule has 1 aliphatic rings. The van der Waals surface area contributed by atoms with Crippen LogP contribution in [0.5, 0.6) is 0 Å². The molecule has 3 heteroatoms. The Morgan fingerprint density at radius 1 is 1.75 bits per heavy atom. The van der Waals surface area contributed by atoms with E-state index in [0.29, 0.717) is 5.70 Å². The second-order valence-corrected chi connectivity index (χ2v) is 1.95. The molecule has 0 fully saturated rings. The number of rotatable bonds is 0. The minimum atomic E-state index is 0.609. The van der Waals surface area contributed by atoms with Gasteiger partial charge in [-0.15, -0.1) is 0 Å². The summed E-state index contributed by atoms with van der Waals surface area (Å²) in [5.74, 6) is 0. The maximum absolute atomic E-state index is 8.26. The number of allylic oxidation sites excluding steroid dienone is 3. The number of hydrogen-bond donors (Lipinski definition) is 1. The molecule has 1 aliphatic heterocycles. The number of nitrogens with one attached hydrogen (secondary N) is 1. The molecule has 0 amide bonds. The SMILES string of the molecule is N#CC1=CC=CSN1. The first kappa shape index (κ1) is 5.26. The molecular weight excluding hydrogens is 120 g/mol. The highest BCUT2D eigenvalue weighted by atomic mass is 32.2. The molecule has 0 aromatic carbocycles. The smallest absolute Gasteiger partial charge is 0.123 e. The first-order valence-electron chi connectivity index (χ1n) is 2.12. The van der Waals surface area contributed by atoms with E-state index in [0.717, 1.165) is 0 Å². The van der Waals surface area contributed by atoms with Gasteiger partial charge in [-0.3, -0.25) is 0 Å². The summed E-state index contributed by atoms with van der Waals surface area (Å²) in [4.78, 5) is 0. The first-order valence-corrected chi connectivity index (χ1v) is 3.00. The van der Waals surface area contributed by atoms with Crippen molar-refractivity contribution in [1.29, 1.82) is 5.26 Å². The molecule has 0 aromatic heterocycles. The highest BCUT2D eigenvalue weighted by Crippen LogP contribution is 2.06. The van der Waals surface area contributed by atoms with Gasteiger partial charge in [-0.25, -0.2) is 0 Å². The third-order valence-electron chi connectivity index (χ3n) is 0.699. The third kappa shape index (κ3) is 1.04. The van der Waals surface area contributed by atoms with Gasteiger partial charge in [0.15, 0.2) is 0 Å². The average molecular weight is 124 g/mol. The molecule has 0 atom stereocenters. The lowest BCUT2D eigenvalue weighted by Crippen LogP contribution is -2.00. The largest absolute Gasteiger partial charge is 0.317 e. The molecular formula is C5H4N2S. The number of hydrogen-bond acceptors (Lipinski definition) is 3. The topological polar surface area (TPSA) is 35.8 Å². The van der Waals surface area contributed by atoms with Crippen LogP contribution in [0.1, 0.15) is 0 Å². The zero-order valence-corrected chi connectivity index (χ0v) is 4.90. The normalized spacial score (nSPS) is 16.1. The van der Waals surface area contributed by atoms with E-state index in [1.807, 2.05) is 17.6 Å². The lowest BCUT2D eigenvalue weighted by molar-refractivity contribution is 1.28. The highest BCUT2D eigenvalue weighted by Gasteiger charge is 1.92. The predicted octanol–water partition coefficient (Wildman–Crippen LogP) is 1.16. The van der Waals surface area contributed by atoms with E-state index in [1.54, 1.807) is 6.08 Å². The van der Waals surface area contributed by atoms with Crippen molar-refractivity contribution in [2.24, 2.45) is 0 Å². The molecule has 0 saturated heterocycles. The van der Waals surface area contributed by atoms with Crippen LogP contribution in [0.25, 0.3) is 0 Å². The third-order valence-corrected chi connectivity index (χ3v) is 1.33. The van der Waals surface area contributed by atoms with Gasteiger partial charge < -0.3 is 4.72 Å². The zero-order chi connectivity index (χ0) is 5.82. The summed E-state index contributed by atoms with van der Waals surface area (Å²) in [7, 11) is 0. The van der Waals surface area contributed by atoms with Gasteiger partial charge in [0, 0.05) is 0 Å². The molecule has 0 aromatic rings.